The Labute approximate surface area is 162 Å². The van der Waals surface area contributed by atoms with Crippen molar-refractivity contribution in [2.75, 3.05) is 25.1 Å². The quantitative estimate of drug-likeness (QED) is 0.837. The number of methoxy groups -OCH3 is 1. The van der Waals surface area contributed by atoms with Crippen molar-refractivity contribution in [1.82, 2.24) is 10.2 Å². The first kappa shape index (κ1) is 20.4. The number of rotatable bonds is 4. The van der Waals surface area contributed by atoms with Gasteiger partial charge in [-0.15, -0.1) is 10.2 Å². The Morgan fingerprint density at radius 3 is 2.64 bits per heavy atom. The van der Waals surface area contributed by atoms with Crippen LogP contribution in [0.2, 0.25) is 0 Å². The van der Waals surface area contributed by atoms with Crippen molar-refractivity contribution < 1.29 is 23.4 Å². The highest BCUT2D eigenvalue weighted by atomic mass is 19.3. The fourth-order valence-corrected chi connectivity index (χ4v) is 3.58. The summed E-state index contributed by atoms with van der Waals surface area (Å²) < 4.78 is 32.8. The molecule has 0 saturated carbocycles. The maximum Gasteiger partial charge on any atom is 0.339 e. The van der Waals surface area contributed by atoms with Crippen LogP contribution in [0, 0.1) is 6.92 Å². The van der Waals surface area contributed by atoms with Gasteiger partial charge in [0.1, 0.15) is 5.56 Å². The zero-order valence-corrected chi connectivity index (χ0v) is 16.3. The van der Waals surface area contributed by atoms with Crippen LogP contribution in [0.25, 0.3) is 5.57 Å². The van der Waals surface area contributed by atoms with Crippen LogP contribution in [-0.2, 0) is 4.74 Å². The van der Waals surface area contributed by atoms with E-state index in [1.54, 1.807) is 18.9 Å². The molecule has 0 bridgehead atoms. The van der Waals surface area contributed by atoms with Gasteiger partial charge in [-0.25, -0.2) is 13.6 Å². The number of anilines is 1. The number of nitrogens with zero attached hydrogens (tertiary/aromatic N) is 3. The molecule has 0 spiro atoms. The average Bonchev–Trinajstić information content (AvgIpc) is 2.82. The highest BCUT2D eigenvalue weighted by molar-refractivity contribution is 5.96. The molecule has 0 amide bonds. The van der Waals surface area contributed by atoms with Gasteiger partial charge in [-0.3, -0.25) is 0 Å². The average molecular weight is 393 g/mol. The van der Waals surface area contributed by atoms with Crippen LogP contribution in [0.1, 0.15) is 54.2 Å². The molecular weight excluding hydrogens is 368 g/mol. The number of aromatic carboxylic acids is 1. The number of hydrogen-bond donors (Lipinski definition) is 1. The van der Waals surface area contributed by atoms with Crippen molar-refractivity contribution in [3.05, 3.63) is 35.0 Å². The van der Waals surface area contributed by atoms with E-state index in [0.717, 1.165) is 5.57 Å². The molecule has 152 valence electrons. The SMILES string of the molecule is COC1(C)C=CC(c2nnc(N3CCCC(F)(F)CC3)c(C(=O)O)c2C)=CC1. The zero-order valence-electron chi connectivity index (χ0n) is 16.3. The minimum Gasteiger partial charge on any atom is -0.478 e. The van der Waals surface area contributed by atoms with Gasteiger partial charge in [-0.1, -0.05) is 18.2 Å². The number of alkyl halides is 2. The molecule has 3 rings (SSSR count). The Kier molecular flexibility index (Phi) is 5.52. The molecule has 28 heavy (non-hydrogen) atoms. The Bertz CT molecular complexity index is 838. The fraction of sp³-hybridized carbons (Fsp3) is 0.550. The lowest BCUT2D eigenvalue weighted by molar-refractivity contribution is -0.0102. The predicted octanol–water partition coefficient (Wildman–Crippen LogP) is 3.86. The molecule has 2 heterocycles. The van der Waals surface area contributed by atoms with E-state index >= 15 is 0 Å². The second-order valence-corrected chi connectivity index (χ2v) is 7.59. The Balaban J connectivity index is 1.96. The van der Waals surface area contributed by atoms with Crippen molar-refractivity contribution in [2.24, 2.45) is 0 Å². The highest BCUT2D eigenvalue weighted by Gasteiger charge is 2.34. The van der Waals surface area contributed by atoms with E-state index in [1.807, 2.05) is 25.2 Å². The molecular formula is C20H25F2N3O3. The van der Waals surface area contributed by atoms with E-state index in [4.69, 9.17) is 4.74 Å². The van der Waals surface area contributed by atoms with Crippen LogP contribution in [0.15, 0.2) is 18.2 Å². The summed E-state index contributed by atoms with van der Waals surface area (Å²) in [5.41, 5.74) is 1.35. The summed E-state index contributed by atoms with van der Waals surface area (Å²) in [7, 11) is 1.64. The largest absolute Gasteiger partial charge is 0.478 e. The number of hydrogen-bond acceptors (Lipinski definition) is 5. The monoisotopic (exact) mass is 393 g/mol. The lowest BCUT2D eigenvalue weighted by Gasteiger charge is -2.27. The van der Waals surface area contributed by atoms with E-state index in [9.17, 15) is 18.7 Å². The third kappa shape index (κ3) is 4.06. The van der Waals surface area contributed by atoms with E-state index in [-0.39, 0.29) is 37.2 Å². The van der Waals surface area contributed by atoms with Gasteiger partial charge in [0.25, 0.3) is 0 Å². The summed E-state index contributed by atoms with van der Waals surface area (Å²) in [6.45, 7) is 4.02. The predicted molar refractivity (Wildman–Crippen MR) is 102 cm³/mol. The molecule has 2 aliphatic rings. The van der Waals surface area contributed by atoms with Crippen LogP contribution in [-0.4, -0.2) is 53.0 Å². The molecule has 0 aromatic carbocycles. The molecule has 1 N–H and O–H groups in total. The molecule has 6 nitrogen and oxygen atoms in total. The Morgan fingerprint density at radius 1 is 1.29 bits per heavy atom. The number of carbonyl (C=O) groups is 1. The molecule has 1 unspecified atom stereocenters. The zero-order chi connectivity index (χ0) is 20.5. The summed E-state index contributed by atoms with van der Waals surface area (Å²) >= 11 is 0. The Hall–Kier alpha value is -2.35. The second-order valence-electron chi connectivity index (χ2n) is 7.59. The molecule has 1 aromatic heterocycles. The van der Waals surface area contributed by atoms with Crippen LogP contribution >= 0.6 is 0 Å². The van der Waals surface area contributed by atoms with Crippen LogP contribution in [0.3, 0.4) is 0 Å². The van der Waals surface area contributed by atoms with Crippen molar-refractivity contribution in [3.8, 4) is 0 Å². The molecule has 1 aromatic rings. The fourth-order valence-electron chi connectivity index (χ4n) is 3.58. The topological polar surface area (TPSA) is 75.6 Å². The van der Waals surface area contributed by atoms with Crippen LogP contribution in [0.4, 0.5) is 14.6 Å². The second kappa shape index (κ2) is 7.58. The number of carboxylic acid groups (broad SMARTS) is 1. The van der Waals surface area contributed by atoms with Crippen LogP contribution in [0.5, 0.6) is 0 Å². The first-order valence-corrected chi connectivity index (χ1v) is 9.34. The first-order valence-electron chi connectivity index (χ1n) is 9.34. The van der Waals surface area contributed by atoms with Crippen molar-refractivity contribution in [1.29, 1.82) is 0 Å². The van der Waals surface area contributed by atoms with Gasteiger partial charge >= 0.3 is 5.97 Å². The summed E-state index contributed by atoms with van der Waals surface area (Å²) in [4.78, 5) is 13.6. The van der Waals surface area contributed by atoms with Crippen molar-refractivity contribution in [2.45, 2.75) is 51.1 Å². The third-order valence-corrected chi connectivity index (χ3v) is 5.51. The maximum atomic E-state index is 13.7. The molecule has 0 radical (unpaired) electrons. The number of ether oxygens (including phenoxy) is 1. The summed E-state index contributed by atoms with van der Waals surface area (Å²) in [5.74, 6) is -3.71. The number of aromatic nitrogens is 2. The molecule has 8 heteroatoms. The third-order valence-electron chi connectivity index (χ3n) is 5.51. The van der Waals surface area contributed by atoms with Crippen LogP contribution < -0.4 is 4.90 Å². The minimum absolute atomic E-state index is 0.0181. The van der Waals surface area contributed by atoms with Gasteiger partial charge in [0.15, 0.2) is 5.82 Å². The highest BCUT2D eigenvalue weighted by Crippen LogP contribution is 2.34. The van der Waals surface area contributed by atoms with E-state index in [0.29, 0.717) is 24.2 Å². The molecule has 1 atom stereocenters. The number of halogens is 2. The maximum absolute atomic E-state index is 13.7. The summed E-state index contributed by atoms with van der Waals surface area (Å²) in [6.07, 6.45) is 6.08. The Morgan fingerprint density at radius 2 is 2.04 bits per heavy atom. The molecule has 1 saturated heterocycles. The van der Waals surface area contributed by atoms with Crippen molar-refractivity contribution >= 4 is 17.4 Å². The van der Waals surface area contributed by atoms with Gasteiger partial charge in [0.2, 0.25) is 5.92 Å². The number of carboxylic acids is 1. The number of allylic oxidation sites excluding steroid dienone is 2. The van der Waals surface area contributed by atoms with Crippen molar-refractivity contribution in [3.63, 3.8) is 0 Å². The van der Waals surface area contributed by atoms with Gasteiger partial charge in [0, 0.05) is 33.0 Å². The van der Waals surface area contributed by atoms with Gasteiger partial charge in [-0.2, -0.15) is 0 Å². The molecule has 1 fully saturated rings. The first-order chi connectivity index (χ1) is 13.2. The standard InChI is InChI=1S/C20H25F2N3O3/c1-13-15(18(26)27)17(25-11-4-7-20(21,22)10-12-25)24-23-16(13)14-5-8-19(2,28-3)9-6-14/h5-6,8H,4,7,9-12H2,1-3H3,(H,26,27). The van der Waals surface area contributed by atoms with Gasteiger partial charge in [-0.05, 0) is 37.8 Å². The van der Waals surface area contributed by atoms with Gasteiger partial charge < -0.3 is 14.7 Å². The van der Waals surface area contributed by atoms with E-state index in [2.05, 4.69) is 10.2 Å². The molecule has 1 aliphatic heterocycles. The summed E-state index contributed by atoms with van der Waals surface area (Å²) in [5, 5.41) is 18.2. The van der Waals surface area contributed by atoms with Gasteiger partial charge in [0.05, 0.1) is 11.3 Å². The minimum atomic E-state index is -2.73. The summed E-state index contributed by atoms with van der Waals surface area (Å²) in [6, 6.07) is 0. The smallest absolute Gasteiger partial charge is 0.339 e. The van der Waals surface area contributed by atoms with E-state index < -0.39 is 17.5 Å². The normalized spacial score (nSPS) is 24.6. The lowest BCUT2D eigenvalue weighted by atomic mass is 9.91. The molecule has 1 aliphatic carbocycles. The van der Waals surface area contributed by atoms with E-state index in [1.165, 1.54) is 0 Å². The lowest BCUT2D eigenvalue weighted by Crippen LogP contribution is -2.29.